The molecule has 0 unspecified atom stereocenters. The number of nitriles is 1. The van der Waals surface area contributed by atoms with Gasteiger partial charge in [-0.25, -0.2) is 0 Å². The predicted molar refractivity (Wildman–Crippen MR) is 137 cm³/mol. The summed E-state index contributed by atoms with van der Waals surface area (Å²) in [6.07, 6.45) is 3.09. The fourth-order valence-corrected chi connectivity index (χ4v) is 6.12. The molecule has 0 amide bonds. The molecule has 3 aliphatic rings. The predicted octanol–water partition coefficient (Wildman–Crippen LogP) is 3.26. The summed E-state index contributed by atoms with van der Waals surface area (Å²) in [7, 11) is 1.65. The molecule has 5 heterocycles. The van der Waals surface area contributed by atoms with E-state index in [2.05, 4.69) is 44.7 Å². The van der Waals surface area contributed by atoms with Crippen molar-refractivity contribution in [2.24, 2.45) is 0 Å². The van der Waals surface area contributed by atoms with Crippen LogP contribution in [0.1, 0.15) is 55.6 Å². The van der Waals surface area contributed by atoms with Gasteiger partial charge in [0.2, 0.25) is 0 Å². The SMILES string of the molecule is [2H]c1ccc2c(N3C[C@@H](C)N4Cc5nc(C6CCN([B]C=O)CC6)ccc5[C@H]4C3)ccc(C#N)c2n1. The van der Waals surface area contributed by atoms with Crippen LogP contribution in [0, 0.1) is 11.3 Å². The van der Waals surface area contributed by atoms with E-state index in [0.717, 1.165) is 62.8 Å². The molecule has 2 fully saturated rings. The molecule has 6 rings (SSSR count). The zero-order chi connectivity index (χ0) is 24.8. The summed E-state index contributed by atoms with van der Waals surface area (Å²) in [5.74, 6) is 0.442. The zero-order valence-corrected chi connectivity index (χ0v) is 19.9. The summed E-state index contributed by atoms with van der Waals surface area (Å²) in [6.45, 7) is 6.68. The van der Waals surface area contributed by atoms with Crippen molar-refractivity contribution in [3.63, 3.8) is 0 Å². The minimum atomic E-state index is 0.175. The van der Waals surface area contributed by atoms with Crippen molar-refractivity contribution < 1.29 is 6.17 Å². The third-order valence-corrected chi connectivity index (χ3v) is 7.94. The maximum atomic E-state index is 10.8. The molecule has 35 heavy (non-hydrogen) atoms. The second kappa shape index (κ2) is 9.06. The molecule has 0 bridgehead atoms. The Bertz CT molecular complexity index is 1370. The van der Waals surface area contributed by atoms with Gasteiger partial charge in [0.05, 0.1) is 30.4 Å². The molecule has 0 spiro atoms. The fourth-order valence-electron chi connectivity index (χ4n) is 6.12. The highest BCUT2D eigenvalue weighted by molar-refractivity contribution is 6.64. The van der Waals surface area contributed by atoms with E-state index < -0.39 is 0 Å². The normalized spacial score (nSPS) is 23.4. The molecule has 1 aromatic carbocycles. The van der Waals surface area contributed by atoms with Gasteiger partial charge in [-0.05, 0) is 68.8 Å². The number of piperazine rings is 1. The molecule has 8 heteroatoms. The number of hydrogen-bond donors (Lipinski definition) is 0. The van der Waals surface area contributed by atoms with Crippen LogP contribution in [0.5, 0.6) is 0 Å². The van der Waals surface area contributed by atoms with Gasteiger partial charge in [-0.2, -0.15) is 5.26 Å². The molecular weight excluding hydrogens is 435 g/mol. The van der Waals surface area contributed by atoms with E-state index in [1.54, 1.807) is 13.5 Å². The number of anilines is 1. The number of carbonyl (C=O) groups is 1. The van der Waals surface area contributed by atoms with Gasteiger partial charge in [0.1, 0.15) is 6.07 Å². The summed E-state index contributed by atoms with van der Waals surface area (Å²) in [4.78, 5) is 27.4. The minimum Gasteiger partial charge on any atom is -0.368 e. The maximum Gasteiger partial charge on any atom is 0.293 e. The van der Waals surface area contributed by atoms with Crippen LogP contribution in [-0.4, -0.2) is 65.5 Å². The van der Waals surface area contributed by atoms with E-state index in [1.165, 1.54) is 17.0 Å². The van der Waals surface area contributed by atoms with Gasteiger partial charge in [-0.1, -0.05) is 6.07 Å². The first kappa shape index (κ1) is 21.0. The number of nitrogens with zero attached hydrogens (tertiary/aromatic N) is 6. The highest BCUT2D eigenvalue weighted by Crippen LogP contribution is 2.41. The standard InChI is InChI=1S/C27H28BN6O/c1-18-14-32(25-7-4-20(13-29)27-22(25)3-2-10-30-27)16-26-21-5-6-23(31-24(21)15-34(18)26)19-8-11-33(12-9-19)28-17-35/h2-7,10,17-19,26H,8-9,11-12,14-16H2,1H3/t18-,26-/m1/s1/i10D. The number of fused-ring (bicyclic) bond motifs is 4. The molecule has 0 N–H and O–H groups in total. The van der Waals surface area contributed by atoms with Crippen LogP contribution in [0.2, 0.25) is 0 Å². The van der Waals surface area contributed by atoms with Gasteiger partial charge >= 0.3 is 0 Å². The van der Waals surface area contributed by atoms with E-state index in [4.69, 9.17) is 6.35 Å². The Morgan fingerprint density at radius 3 is 2.86 bits per heavy atom. The number of rotatable bonds is 4. The summed E-state index contributed by atoms with van der Waals surface area (Å²) in [6, 6.07) is 14.8. The van der Waals surface area contributed by atoms with E-state index in [-0.39, 0.29) is 12.2 Å². The van der Waals surface area contributed by atoms with Crippen molar-refractivity contribution in [3.05, 3.63) is 65.1 Å². The number of pyridine rings is 2. The molecule has 2 atom stereocenters. The smallest absolute Gasteiger partial charge is 0.293 e. The number of hydrogen-bond acceptors (Lipinski definition) is 7. The molecule has 3 aromatic rings. The van der Waals surface area contributed by atoms with E-state index in [0.29, 0.717) is 23.0 Å². The largest absolute Gasteiger partial charge is 0.368 e. The lowest BCUT2D eigenvalue weighted by atomic mass is 9.85. The fraction of sp³-hybridized carbons (Fsp3) is 0.407. The third-order valence-electron chi connectivity index (χ3n) is 7.94. The highest BCUT2D eigenvalue weighted by Gasteiger charge is 2.40. The van der Waals surface area contributed by atoms with Crippen LogP contribution in [0.15, 0.2) is 42.6 Å². The summed E-state index contributed by atoms with van der Waals surface area (Å²) in [5.41, 5.74) is 5.86. The molecule has 7 nitrogen and oxygen atoms in total. The van der Waals surface area contributed by atoms with Crippen LogP contribution in [0.3, 0.4) is 0 Å². The first-order chi connectivity index (χ1) is 17.6. The summed E-state index contributed by atoms with van der Waals surface area (Å²) in [5, 5.41) is 10.5. The Kier molecular flexibility index (Phi) is 5.45. The van der Waals surface area contributed by atoms with Crippen LogP contribution in [0.4, 0.5) is 5.69 Å². The van der Waals surface area contributed by atoms with E-state index >= 15 is 0 Å². The number of benzene rings is 1. The Labute approximate surface area is 208 Å². The lowest BCUT2D eigenvalue weighted by Gasteiger charge is -2.43. The monoisotopic (exact) mass is 464 g/mol. The molecule has 1 radical (unpaired) electrons. The average molecular weight is 464 g/mol. The van der Waals surface area contributed by atoms with Gasteiger partial charge in [0.15, 0.2) is 0 Å². The highest BCUT2D eigenvalue weighted by atomic mass is 16.1. The Morgan fingerprint density at radius 2 is 2.06 bits per heavy atom. The second-order valence-corrected chi connectivity index (χ2v) is 9.89. The molecule has 2 aromatic heterocycles. The third kappa shape index (κ3) is 3.89. The van der Waals surface area contributed by atoms with Crippen molar-refractivity contribution in [1.29, 1.82) is 5.26 Å². The Morgan fingerprint density at radius 1 is 1.20 bits per heavy atom. The quantitative estimate of drug-likeness (QED) is 0.433. The van der Waals surface area contributed by atoms with Crippen molar-refractivity contribution in [2.75, 3.05) is 31.1 Å². The number of carbonyl (C=O) groups excluding carboxylic acids is 1. The molecular formula is C27H28BN6O. The lowest BCUT2D eigenvalue weighted by Crippen LogP contribution is -2.51. The Hall–Kier alpha value is -3.28. The molecule has 0 saturated carbocycles. The van der Waals surface area contributed by atoms with Crippen molar-refractivity contribution in [3.8, 4) is 6.07 Å². The van der Waals surface area contributed by atoms with Gasteiger partial charge in [0, 0.05) is 54.5 Å². The molecule has 0 aliphatic carbocycles. The topological polar surface area (TPSA) is 76.4 Å². The van der Waals surface area contributed by atoms with Crippen molar-refractivity contribution in [1.82, 2.24) is 19.7 Å². The van der Waals surface area contributed by atoms with E-state index in [1.807, 2.05) is 18.2 Å². The summed E-state index contributed by atoms with van der Waals surface area (Å²) >= 11 is 0. The minimum absolute atomic E-state index is 0.175. The lowest BCUT2D eigenvalue weighted by molar-refractivity contribution is 0.133. The van der Waals surface area contributed by atoms with Crippen molar-refractivity contribution in [2.45, 2.75) is 44.3 Å². The first-order valence-electron chi connectivity index (χ1n) is 12.9. The van der Waals surface area contributed by atoms with Gasteiger partial charge < -0.3 is 14.5 Å². The van der Waals surface area contributed by atoms with Gasteiger partial charge in [0.25, 0.3) is 7.41 Å². The van der Waals surface area contributed by atoms with Gasteiger partial charge in [-0.3, -0.25) is 14.9 Å². The van der Waals surface area contributed by atoms with Crippen molar-refractivity contribution >= 4 is 30.2 Å². The van der Waals surface area contributed by atoms with Crippen LogP contribution in [0.25, 0.3) is 10.9 Å². The molecule has 2 saturated heterocycles. The van der Waals surface area contributed by atoms with Crippen LogP contribution < -0.4 is 4.90 Å². The van der Waals surface area contributed by atoms with Gasteiger partial charge in [-0.15, -0.1) is 0 Å². The van der Waals surface area contributed by atoms with Crippen LogP contribution in [-0.2, 0) is 11.3 Å². The maximum absolute atomic E-state index is 10.8. The Balaban J connectivity index is 1.27. The number of piperidine rings is 1. The summed E-state index contributed by atoms with van der Waals surface area (Å²) < 4.78 is 7.93. The van der Waals surface area contributed by atoms with E-state index in [9.17, 15) is 10.1 Å². The number of aromatic nitrogens is 2. The zero-order valence-electron chi connectivity index (χ0n) is 20.9. The molecule has 175 valence electrons. The molecule has 3 aliphatic heterocycles. The second-order valence-electron chi connectivity index (χ2n) is 9.89. The first-order valence-corrected chi connectivity index (χ1v) is 12.4. The average Bonchev–Trinajstić information content (AvgIpc) is 3.27. The van der Waals surface area contributed by atoms with Crippen LogP contribution >= 0.6 is 0 Å².